The fourth-order valence-corrected chi connectivity index (χ4v) is 6.75. The number of para-hydroxylation sites is 1. The molecule has 38 heavy (non-hydrogen) atoms. The summed E-state index contributed by atoms with van der Waals surface area (Å²) in [6.07, 6.45) is 6.78. The molecule has 7 nitrogen and oxygen atoms in total. The number of carbonyl (C=O) groups excluding carboxylic acids is 2. The highest BCUT2D eigenvalue weighted by Crippen LogP contribution is 2.50. The molecule has 0 spiro atoms. The molecule has 0 bridgehead atoms. The maximum Gasteiger partial charge on any atom is 0.331 e. The quantitative estimate of drug-likeness (QED) is 0.257. The van der Waals surface area contributed by atoms with E-state index in [9.17, 15) is 9.59 Å². The van der Waals surface area contributed by atoms with Crippen LogP contribution >= 0.6 is 11.3 Å². The molecule has 2 aromatic heterocycles. The standard InChI is InChI=1S/C30H28N4O3S/c1-3-25(35)32-20-11-9-19(10-12-20)28-27-26-24(15-16-31-29(26)38-28)34(30(36)33-27)23-14-13-22(17-18(23)2)37-21-7-5-4-6-8-21/h3-8,13-17,19-20H,1,9-12H2,2H3,(H,32,35)(H,33,36). The predicted octanol–water partition coefficient (Wildman–Crippen LogP) is 7.41. The minimum absolute atomic E-state index is 0.124. The monoisotopic (exact) mass is 524 g/mol. The van der Waals surface area contributed by atoms with E-state index in [0.717, 1.165) is 64.3 Å². The van der Waals surface area contributed by atoms with Gasteiger partial charge < -0.3 is 15.4 Å². The summed E-state index contributed by atoms with van der Waals surface area (Å²) in [7, 11) is 0. The van der Waals surface area contributed by atoms with Gasteiger partial charge in [0.05, 0.1) is 22.4 Å². The summed E-state index contributed by atoms with van der Waals surface area (Å²) in [5.74, 6) is 1.67. The number of urea groups is 1. The highest BCUT2D eigenvalue weighted by Gasteiger charge is 2.34. The number of aryl methyl sites for hydroxylation is 1. The van der Waals surface area contributed by atoms with Crippen LogP contribution in [0.4, 0.5) is 21.9 Å². The van der Waals surface area contributed by atoms with E-state index in [2.05, 4.69) is 22.2 Å². The van der Waals surface area contributed by atoms with Crippen molar-refractivity contribution in [2.24, 2.45) is 0 Å². The maximum atomic E-state index is 13.6. The predicted molar refractivity (Wildman–Crippen MR) is 152 cm³/mol. The lowest BCUT2D eigenvalue weighted by molar-refractivity contribution is -0.117. The second-order valence-electron chi connectivity index (χ2n) is 9.74. The van der Waals surface area contributed by atoms with Crippen LogP contribution in [0.25, 0.3) is 10.2 Å². The van der Waals surface area contributed by atoms with Gasteiger partial charge in [-0.2, -0.15) is 0 Å². The minimum Gasteiger partial charge on any atom is -0.457 e. The summed E-state index contributed by atoms with van der Waals surface area (Å²) in [6.45, 7) is 5.53. The molecule has 0 unspecified atom stereocenters. The number of carbonyl (C=O) groups is 2. The first-order valence-corrected chi connectivity index (χ1v) is 13.6. The Morgan fingerprint density at radius 3 is 2.63 bits per heavy atom. The van der Waals surface area contributed by atoms with Crippen LogP contribution in [0.5, 0.6) is 11.5 Å². The molecule has 8 heteroatoms. The second kappa shape index (κ2) is 9.95. The van der Waals surface area contributed by atoms with Gasteiger partial charge in [-0.1, -0.05) is 24.8 Å². The molecule has 2 N–H and O–H groups in total. The highest BCUT2D eigenvalue weighted by molar-refractivity contribution is 7.19. The van der Waals surface area contributed by atoms with Crippen LogP contribution in [0.15, 0.2) is 73.4 Å². The van der Waals surface area contributed by atoms with Gasteiger partial charge in [0, 0.05) is 17.1 Å². The first-order chi connectivity index (χ1) is 18.5. The Bertz CT molecular complexity index is 1540. The van der Waals surface area contributed by atoms with Gasteiger partial charge in [-0.15, -0.1) is 11.3 Å². The number of rotatable bonds is 6. The van der Waals surface area contributed by atoms with Crippen LogP contribution in [-0.4, -0.2) is 23.0 Å². The SMILES string of the molecule is C=CC(=O)NC1CCC(c2sc3nccc4c3c2NC(=O)N4c2ccc(Oc3ccccc3)cc2C)CC1. The number of nitrogens with zero attached hydrogens (tertiary/aromatic N) is 2. The third-order valence-electron chi connectivity index (χ3n) is 7.29. The molecule has 0 saturated heterocycles. The van der Waals surface area contributed by atoms with E-state index in [-0.39, 0.29) is 18.0 Å². The van der Waals surface area contributed by atoms with Crippen molar-refractivity contribution in [1.82, 2.24) is 10.3 Å². The van der Waals surface area contributed by atoms with Gasteiger partial charge in [-0.25, -0.2) is 9.78 Å². The zero-order valence-electron chi connectivity index (χ0n) is 21.1. The molecule has 1 saturated carbocycles. The Morgan fingerprint density at radius 2 is 1.89 bits per heavy atom. The zero-order valence-corrected chi connectivity index (χ0v) is 21.9. The maximum absolute atomic E-state index is 13.6. The average molecular weight is 525 g/mol. The molecule has 0 atom stereocenters. The van der Waals surface area contributed by atoms with Crippen LogP contribution in [0, 0.1) is 6.92 Å². The molecular formula is C30H28N4O3S. The lowest BCUT2D eigenvalue weighted by Gasteiger charge is -2.32. The van der Waals surface area contributed by atoms with E-state index in [1.807, 2.05) is 61.5 Å². The Kier molecular flexibility index (Phi) is 6.33. The lowest BCUT2D eigenvalue weighted by atomic mass is 9.84. The minimum atomic E-state index is -0.184. The van der Waals surface area contributed by atoms with Crippen molar-refractivity contribution < 1.29 is 14.3 Å². The van der Waals surface area contributed by atoms with E-state index in [4.69, 9.17) is 4.74 Å². The zero-order chi connectivity index (χ0) is 26.2. The Balaban J connectivity index is 1.30. The van der Waals surface area contributed by atoms with Gasteiger partial charge in [-0.3, -0.25) is 9.69 Å². The van der Waals surface area contributed by atoms with Crippen molar-refractivity contribution in [2.75, 3.05) is 10.2 Å². The average Bonchev–Trinajstić information content (AvgIpc) is 3.30. The largest absolute Gasteiger partial charge is 0.457 e. The summed E-state index contributed by atoms with van der Waals surface area (Å²) < 4.78 is 5.99. The molecule has 192 valence electrons. The molecule has 6 rings (SSSR count). The number of anilines is 3. The second-order valence-corrected chi connectivity index (χ2v) is 10.8. The van der Waals surface area contributed by atoms with Crippen molar-refractivity contribution in [1.29, 1.82) is 0 Å². The van der Waals surface area contributed by atoms with Gasteiger partial charge in [0.2, 0.25) is 5.91 Å². The molecular weight excluding hydrogens is 496 g/mol. The van der Waals surface area contributed by atoms with Crippen LogP contribution in [0.2, 0.25) is 0 Å². The normalized spacial score (nSPS) is 18.7. The molecule has 1 fully saturated rings. The first-order valence-electron chi connectivity index (χ1n) is 12.8. The molecule has 2 aromatic carbocycles. The van der Waals surface area contributed by atoms with Crippen LogP contribution in [0.3, 0.4) is 0 Å². The Labute approximate surface area is 225 Å². The van der Waals surface area contributed by atoms with Crippen molar-refractivity contribution in [3.63, 3.8) is 0 Å². The molecule has 0 radical (unpaired) electrons. The molecule has 3 heterocycles. The van der Waals surface area contributed by atoms with Gasteiger partial charge in [0.15, 0.2) is 0 Å². The van der Waals surface area contributed by atoms with Crippen molar-refractivity contribution in [2.45, 2.75) is 44.6 Å². The number of benzene rings is 2. The van der Waals surface area contributed by atoms with E-state index in [1.165, 1.54) is 11.0 Å². The third-order valence-corrected chi connectivity index (χ3v) is 8.55. The summed E-state index contributed by atoms with van der Waals surface area (Å²) in [5, 5.41) is 7.20. The summed E-state index contributed by atoms with van der Waals surface area (Å²) >= 11 is 1.66. The van der Waals surface area contributed by atoms with Crippen molar-refractivity contribution >= 4 is 50.6 Å². The van der Waals surface area contributed by atoms with E-state index in [1.54, 1.807) is 22.4 Å². The Morgan fingerprint density at radius 1 is 1.11 bits per heavy atom. The van der Waals surface area contributed by atoms with Crippen molar-refractivity contribution in [3.8, 4) is 11.5 Å². The smallest absolute Gasteiger partial charge is 0.331 e. The number of hydrogen-bond acceptors (Lipinski definition) is 5. The number of thiophene rings is 1. The lowest BCUT2D eigenvalue weighted by Crippen LogP contribution is -2.36. The fraction of sp³-hybridized carbons (Fsp3) is 0.233. The molecule has 3 amide bonds. The first kappa shape index (κ1) is 24.2. The number of ether oxygens (including phenoxy) is 1. The molecule has 1 aliphatic heterocycles. The van der Waals surface area contributed by atoms with Crippen LogP contribution < -0.4 is 20.3 Å². The van der Waals surface area contributed by atoms with Gasteiger partial charge in [-0.05, 0) is 86.6 Å². The summed E-state index contributed by atoms with van der Waals surface area (Å²) in [4.78, 5) is 33.8. The molecule has 4 aromatic rings. The van der Waals surface area contributed by atoms with E-state index in [0.29, 0.717) is 11.7 Å². The number of aromatic nitrogens is 1. The number of amides is 3. The number of hydrogen-bond donors (Lipinski definition) is 2. The molecule has 2 aliphatic rings. The van der Waals surface area contributed by atoms with Crippen LogP contribution in [0.1, 0.15) is 42.0 Å². The highest BCUT2D eigenvalue weighted by atomic mass is 32.1. The van der Waals surface area contributed by atoms with Gasteiger partial charge >= 0.3 is 6.03 Å². The molecule has 1 aliphatic carbocycles. The van der Waals surface area contributed by atoms with E-state index < -0.39 is 0 Å². The fourth-order valence-electron chi connectivity index (χ4n) is 5.46. The van der Waals surface area contributed by atoms with Gasteiger partial charge in [0.25, 0.3) is 0 Å². The van der Waals surface area contributed by atoms with E-state index >= 15 is 0 Å². The third kappa shape index (κ3) is 4.41. The van der Waals surface area contributed by atoms with Gasteiger partial charge in [0.1, 0.15) is 16.3 Å². The summed E-state index contributed by atoms with van der Waals surface area (Å²) in [5.41, 5.74) is 3.45. The van der Waals surface area contributed by atoms with Crippen molar-refractivity contribution in [3.05, 3.63) is 83.9 Å². The topological polar surface area (TPSA) is 83.6 Å². The number of pyridine rings is 1. The Hall–Kier alpha value is -4.17. The summed E-state index contributed by atoms with van der Waals surface area (Å²) in [6, 6.07) is 17.3. The number of nitrogens with one attached hydrogen (secondary N) is 2. The van der Waals surface area contributed by atoms with Crippen LogP contribution in [-0.2, 0) is 4.79 Å².